The summed E-state index contributed by atoms with van der Waals surface area (Å²) in [5, 5.41) is 4.07. The Kier molecular flexibility index (Phi) is 4.03. The van der Waals surface area contributed by atoms with E-state index >= 15 is 0 Å². The van der Waals surface area contributed by atoms with Gasteiger partial charge in [-0.25, -0.2) is 8.78 Å². The third-order valence-corrected chi connectivity index (χ3v) is 5.46. The zero-order chi connectivity index (χ0) is 17.6. The van der Waals surface area contributed by atoms with E-state index in [1.807, 2.05) is 0 Å². The number of rotatable bonds is 1. The minimum absolute atomic E-state index is 0.180. The normalized spacial score (nSPS) is 19.7. The summed E-state index contributed by atoms with van der Waals surface area (Å²) < 4.78 is 34.7. The lowest BCUT2D eigenvalue weighted by Gasteiger charge is -2.11. The van der Waals surface area contributed by atoms with Crippen LogP contribution in [-0.2, 0) is 11.2 Å². The van der Waals surface area contributed by atoms with E-state index in [4.69, 9.17) is 4.74 Å². The van der Waals surface area contributed by atoms with E-state index in [1.54, 1.807) is 6.92 Å². The lowest BCUT2D eigenvalue weighted by molar-refractivity contribution is -0.116. The van der Waals surface area contributed by atoms with Crippen LogP contribution >= 0.6 is 11.3 Å². The monoisotopic (exact) mass is 362 g/mol. The summed E-state index contributed by atoms with van der Waals surface area (Å²) in [6.45, 7) is 2.21. The quantitative estimate of drug-likeness (QED) is 0.836. The number of anilines is 1. The minimum Gasteiger partial charge on any atom is -0.484 e. The molecule has 1 aromatic carbocycles. The maximum absolute atomic E-state index is 14.5. The van der Waals surface area contributed by atoms with Crippen LogP contribution in [0.3, 0.4) is 0 Å². The molecule has 0 fully saturated rings. The number of ether oxygens (including phenoxy) is 1. The second kappa shape index (κ2) is 6.22. The van der Waals surface area contributed by atoms with Crippen molar-refractivity contribution in [1.29, 1.82) is 0 Å². The molecule has 3 heterocycles. The number of nitrogens with zero attached hydrogens (tertiary/aromatic N) is 1. The Bertz CT molecular complexity index is 871. The van der Waals surface area contributed by atoms with Gasteiger partial charge in [-0.3, -0.25) is 9.79 Å². The fourth-order valence-electron chi connectivity index (χ4n) is 3.14. The molecule has 25 heavy (non-hydrogen) atoms. The fourth-order valence-corrected chi connectivity index (χ4v) is 4.27. The lowest BCUT2D eigenvalue weighted by atomic mass is 9.97. The van der Waals surface area contributed by atoms with Gasteiger partial charge in [0, 0.05) is 11.1 Å². The standard InChI is InChI=1S/C18H16F2N2O2S/c1-9-16(23)22-17-13(10-5-2-3-8-24-18(10)25-17)15(21-9)14-11(19)6-4-7-12(14)20/h4,6-7,9H,2-3,5,8H2,1H3,(H,22,23)/t9-/m0/s1. The number of thiophene rings is 1. The SMILES string of the molecule is C[C@@H]1N=C(c2c(F)cccc2F)c2c(sc3c2CCCCO3)NC1=O. The molecule has 1 atom stereocenters. The topological polar surface area (TPSA) is 50.7 Å². The Morgan fingerprint density at radius 3 is 2.76 bits per heavy atom. The molecule has 1 amide bonds. The number of carbonyl (C=O) groups is 1. The molecular formula is C18H16F2N2O2S. The first-order valence-electron chi connectivity index (χ1n) is 8.18. The van der Waals surface area contributed by atoms with Crippen LogP contribution < -0.4 is 10.1 Å². The molecular weight excluding hydrogens is 346 g/mol. The molecule has 0 radical (unpaired) electrons. The lowest BCUT2D eigenvalue weighted by Crippen LogP contribution is -2.22. The largest absolute Gasteiger partial charge is 0.484 e. The molecule has 0 bridgehead atoms. The molecule has 2 aliphatic rings. The van der Waals surface area contributed by atoms with Crippen molar-refractivity contribution in [2.75, 3.05) is 11.9 Å². The van der Waals surface area contributed by atoms with Crippen LogP contribution in [0.25, 0.3) is 0 Å². The van der Waals surface area contributed by atoms with E-state index in [1.165, 1.54) is 29.5 Å². The van der Waals surface area contributed by atoms with Gasteiger partial charge in [0.05, 0.1) is 17.9 Å². The van der Waals surface area contributed by atoms with Gasteiger partial charge in [-0.1, -0.05) is 17.4 Å². The predicted octanol–water partition coefficient (Wildman–Crippen LogP) is 3.92. The third-order valence-electron chi connectivity index (χ3n) is 4.40. The van der Waals surface area contributed by atoms with Gasteiger partial charge in [0.2, 0.25) is 5.91 Å². The highest BCUT2D eigenvalue weighted by Gasteiger charge is 2.32. The summed E-state index contributed by atoms with van der Waals surface area (Å²) in [5.41, 5.74) is 1.44. The Morgan fingerprint density at radius 1 is 1.24 bits per heavy atom. The van der Waals surface area contributed by atoms with Gasteiger partial charge in [-0.15, -0.1) is 0 Å². The van der Waals surface area contributed by atoms with Crippen LogP contribution in [0.15, 0.2) is 23.2 Å². The molecule has 4 rings (SSSR count). The fraction of sp³-hybridized carbons (Fsp3) is 0.333. The number of hydrogen-bond donors (Lipinski definition) is 1. The van der Waals surface area contributed by atoms with Crippen LogP contribution in [0.2, 0.25) is 0 Å². The Morgan fingerprint density at radius 2 is 2.00 bits per heavy atom. The van der Waals surface area contributed by atoms with Crippen molar-refractivity contribution in [3.8, 4) is 5.06 Å². The molecule has 2 aromatic rings. The van der Waals surface area contributed by atoms with Crippen molar-refractivity contribution in [2.45, 2.75) is 32.2 Å². The highest BCUT2D eigenvalue weighted by Crippen LogP contribution is 2.44. The Hall–Kier alpha value is -2.28. The van der Waals surface area contributed by atoms with Gasteiger partial charge in [0.25, 0.3) is 0 Å². The molecule has 1 N–H and O–H groups in total. The van der Waals surface area contributed by atoms with Gasteiger partial charge in [0.15, 0.2) is 5.06 Å². The molecule has 7 heteroatoms. The zero-order valence-corrected chi connectivity index (χ0v) is 14.4. The Balaban J connectivity index is 1.99. The predicted molar refractivity (Wildman–Crippen MR) is 92.8 cm³/mol. The van der Waals surface area contributed by atoms with E-state index in [9.17, 15) is 13.6 Å². The average molecular weight is 362 g/mol. The second-order valence-corrected chi connectivity index (χ2v) is 7.10. The smallest absolute Gasteiger partial charge is 0.249 e. The number of aliphatic imine (C=N–C) groups is 1. The maximum Gasteiger partial charge on any atom is 0.249 e. The van der Waals surface area contributed by atoms with E-state index < -0.39 is 17.7 Å². The summed E-state index contributed by atoms with van der Waals surface area (Å²) >= 11 is 1.30. The van der Waals surface area contributed by atoms with Gasteiger partial charge < -0.3 is 10.1 Å². The first-order chi connectivity index (χ1) is 12.1. The van der Waals surface area contributed by atoms with Crippen LogP contribution in [0, 0.1) is 11.6 Å². The summed E-state index contributed by atoms with van der Waals surface area (Å²) in [6.07, 6.45) is 2.55. The van der Waals surface area contributed by atoms with Crippen LogP contribution in [0.4, 0.5) is 13.8 Å². The molecule has 0 spiro atoms. The first-order valence-corrected chi connectivity index (χ1v) is 9.00. The molecule has 1 aromatic heterocycles. The summed E-state index contributed by atoms with van der Waals surface area (Å²) in [6, 6.07) is 2.98. The van der Waals surface area contributed by atoms with Crippen molar-refractivity contribution in [2.24, 2.45) is 4.99 Å². The minimum atomic E-state index is -0.740. The highest BCUT2D eigenvalue weighted by atomic mass is 32.1. The van der Waals surface area contributed by atoms with Gasteiger partial charge in [0.1, 0.15) is 22.7 Å². The number of nitrogens with one attached hydrogen (secondary N) is 1. The van der Waals surface area contributed by atoms with Crippen LogP contribution in [-0.4, -0.2) is 24.3 Å². The summed E-state index contributed by atoms with van der Waals surface area (Å²) in [5.74, 6) is -1.69. The maximum atomic E-state index is 14.5. The molecule has 2 aliphatic heterocycles. The Labute approximate surface area is 147 Å². The van der Waals surface area contributed by atoms with E-state index in [0.29, 0.717) is 22.2 Å². The first kappa shape index (κ1) is 16.2. The number of benzene rings is 1. The van der Waals surface area contributed by atoms with Crippen molar-refractivity contribution in [3.05, 3.63) is 46.5 Å². The van der Waals surface area contributed by atoms with E-state index in [0.717, 1.165) is 24.8 Å². The van der Waals surface area contributed by atoms with Crippen molar-refractivity contribution >= 4 is 28.0 Å². The molecule has 130 valence electrons. The number of fused-ring (bicyclic) bond motifs is 3. The molecule has 0 aliphatic carbocycles. The summed E-state index contributed by atoms with van der Waals surface area (Å²) in [4.78, 5) is 16.6. The number of amides is 1. The number of carbonyl (C=O) groups excluding carboxylic acids is 1. The summed E-state index contributed by atoms with van der Waals surface area (Å²) in [7, 11) is 0. The van der Waals surface area contributed by atoms with E-state index in [-0.39, 0.29) is 17.2 Å². The third kappa shape index (κ3) is 2.72. The molecule has 0 saturated heterocycles. The van der Waals surface area contributed by atoms with Gasteiger partial charge in [-0.05, 0) is 38.3 Å². The molecule has 0 saturated carbocycles. The average Bonchev–Trinajstić information content (AvgIpc) is 2.70. The second-order valence-electron chi connectivity index (χ2n) is 6.12. The van der Waals surface area contributed by atoms with Crippen LogP contribution in [0.5, 0.6) is 5.06 Å². The number of halogens is 2. The van der Waals surface area contributed by atoms with Crippen molar-refractivity contribution < 1.29 is 18.3 Å². The molecule has 0 unspecified atom stereocenters. The highest BCUT2D eigenvalue weighted by molar-refractivity contribution is 7.18. The van der Waals surface area contributed by atoms with Crippen LogP contribution in [0.1, 0.15) is 36.5 Å². The van der Waals surface area contributed by atoms with Crippen molar-refractivity contribution in [3.63, 3.8) is 0 Å². The van der Waals surface area contributed by atoms with Gasteiger partial charge in [-0.2, -0.15) is 0 Å². The van der Waals surface area contributed by atoms with E-state index in [2.05, 4.69) is 10.3 Å². The zero-order valence-electron chi connectivity index (χ0n) is 13.6. The van der Waals surface area contributed by atoms with Gasteiger partial charge >= 0.3 is 0 Å². The number of hydrogen-bond acceptors (Lipinski definition) is 4. The molecule has 4 nitrogen and oxygen atoms in total. The van der Waals surface area contributed by atoms with Crippen molar-refractivity contribution in [1.82, 2.24) is 0 Å².